The maximum absolute atomic E-state index is 12.7. The molecule has 0 unspecified atom stereocenters. The number of hydrogen-bond acceptors (Lipinski definition) is 4. The summed E-state index contributed by atoms with van der Waals surface area (Å²) < 4.78 is 5.59. The third-order valence-corrected chi connectivity index (χ3v) is 4.81. The number of carbonyl (C=O) groups excluding carboxylic acids is 1. The highest BCUT2D eigenvalue weighted by molar-refractivity contribution is 5.95. The van der Waals surface area contributed by atoms with Crippen molar-refractivity contribution >= 4 is 17.3 Å². The first kappa shape index (κ1) is 18.3. The fraction of sp³-hybridized carbons (Fsp3) is 0.381. The van der Waals surface area contributed by atoms with E-state index in [1.807, 2.05) is 44.2 Å². The van der Waals surface area contributed by atoms with Crippen molar-refractivity contribution in [1.82, 2.24) is 4.90 Å². The predicted octanol–water partition coefficient (Wildman–Crippen LogP) is 3.23. The van der Waals surface area contributed by atoms with Crippen LogP contribution in [0.25, 0.3) is 0 Å². The van der Waals surface area contributed by atoms with Gasteiger partial charge in [-0.2, -0.15) is 0 Å². The summed E-state index contributed by atoms with van der Waals surface area (Å²) in [6.45, 7) is 8.08. The van der Waals surface area contributed by atoms with E-state index in [1.165, 1.54) is 5.69 Å². The molecule has 1 aliphatic heterocycles. The fourth-order valence-corrected chi connectivity index (χ4v) is 3.26. The number of ether oxygens (including phenoxy) is 1. The molecule has 1 saturated heterocycles. The van der Waals surface area contributed by atoms with Gasteiger partial charge in [0.1, 0.15) is 5.75 Å². The average molecular weight is 353 g/mol. The van der Waals surface area contributed by atoms with Gasteiger partial charge in [-0.15, -0.1) is 0 Å². The van der Waals surface area contributed by atoms with Gasteiger partial charge in [0.25, 0.3) is 0 Å². The lowest BCUT2D eigenvalue weighted by Gasteiger charge is -2.38. The normalized spacial score (nSPS) is 16.2. The van der Waals surface area contributed by atoms with Gasteiger partial charge in [-0.1, -0.05) is 30.3 Å². The second kappa shape index (κ2) is 8.72. The quantitative estimate of drug-likeness (QED) is 0.866. The van der Waals surface area contributed by atoms with Crippen molar-refractivity contribution in [2.45, 2.75) is 19.9 Å². The molecule has 3 rings (SSSR count). The van der Waals surface area contributed by atoms with Crippen LogP contribution in [0.15, 0.2) is 54.6 Å². The largest absolute Gasteiger partial charge is 0.492 e. The van der Waals surface area contributed by atoms with Gasteiger partial charge in [0.2, 0.25) is 5.91 Å². The Bertz CT molecular complexity index is 712. The van der Waals surface area contributed by atoms with Crippen LogP contribution in [0, 0.1) is 0 Å². The monoisotopic (exact) mass is 353 g/mol. The summed E-state index contributed by atoms with van der Waals surface area (Å²) in [6.07, 6.45) is 0. The molecule has 1 heterocycles. The number of rotatable bonds is 6. The van der Waals surface area contributed by atoms with E-state index in [2.05, 4.69) is 39.4 Å². The van der Waals surface area contributed by atoms with Gasteiger partial charge in [-0.25, -0.2) is 0 Å². The third kappa shape index (κ3) is 4.35. The van der Waals surface area contributed by atoms with E-state index in [4.69, 9.17) is 4.74 Å². The number of piperazine rings is 1. The molecular weight excluding hydrogens is 326 g/mol. The molecule has 1 atom stereocenters. The van der Waals surface area contributed by atoms with Crippen molar-refractivity contribution in [1.29, 1.82) is 0 Å². The van der Waals surface area contributed by atoms with Crippen molar-refractivity contribution in [3.63, 3.8) is 0 Å². The zero-order valence-corrected chi connectivity index (χ0v) is 15.5. The molecule has 26 heavy (non-hydrogen) atoms. The minimum atomic E-state index is -0.178. The maximum atomic E-state index is 12.7. The Kier molecular flexibility index (Phi) is 6.12. The summed E-state index contributed by atoms with van der Waals surface area (Å²) in [7, 11) is 0. The lowest BCUT2D eigenvalue weighted by Crippen LogP contribution is -2.52. The topological polar surface area (TPSA) is 44.8 Å². The van der Waals surface area contributed by atoms with E-state index in [0.29, 0.717) is 12.4 Å². The number of nitrogens with zero attached hydrogens (tertiary/aromatic N) is 2. The number of hydrogen-bond donors (Lipinski definition) is 1. The molecule has 1 aliphatic rings. The summed E-state index contributed by atoms with van der Waals surface area (Å²) in [5.41, 5.74) is 1.98. The predicted molar refractivity (Wildman–Crippen MR) is 106 cm³/mol. The van der Waals surface area contributed by atoms with Crippen LogP contribution in [-0.4, -0.2) is 49.6 Å². The van der Waals surface area contributed by atoms with Crippen molar-refractivity contribution in [2.75, 3.05) is 43.0 Å². The molecular formula is C21H27N3O2. The highest BCUT2D eigenvalue weighted by Crippen LogP contribution is 2.24. The van der Waals surface area contributed by atoms with E-state index < -0.39 is 0 Å². The first-order valence-electron chi connectivity index (χ1n) is 9.25. The van der Waals surface area contributed by atoms with E-state index in [9.17, 15) is 4.79 Å². The summed E-state index contributed by atoms with van der Waals surface area (Å²) in [4.78, 5) is 17.3. The van der Waals surface area contributed by atoms with Crippen LogP contribution in [0.2, 0.25) is 0 Å². The van der Waals surface area contributed by atoms with Gasteiger partial charge in [-0.05, 0) is 38.1 Å². The Morgan fingerprint density at radius 3 is 2.38 bits per heavy atom. The standard InChI is InChI=1S/C21H27N3O2/c1-3-26-20-12-8-7-11-19(20)22-21(25)17(2)23-13-15-24(16-14-23)18-9-5-4-6-10-18/h4-12,17H,3,13-16H2,1-2H3,(H,22,25)/t17-/m0/s1. The summed E-state index contributed by atoms with van der Waals surface area (Å²) in [6, 6.07) is 17.8. The van der Waals surface area contributed by atoms with Crippen LogP contribution >= 0.6 is 0 Å². The van der Waals surface area contributed by atoms with Gasteiger partial charge in [0.05, 0.1) is 18.3 Å². The van der Waals surface area contributed by atoms with E-state index >= 15 is 0 Å². The Labute approximate surface area is 155 Å². The van der Waals surface area contributed by atoms with Crippen LogP contribution in [0.3, 0.4) is 0 Å². The van der Waals surface area contributed by atoms with Crippen LogP contribution in [-0.2, 0) is 4.79 Å². The molecule has 0 spiro atoms. The van der Waals surface area contributed by atoms with E-state index in [1.54, 1.807) is 0 Å². The summed E-state index contributed by atoms with van der Waals surface area (Å²) in [5, 5.41) is 3.02. The van der Waals surface area contributed by atoms with Crippen LogP contribution in [0.4, 0.5) is 11.4 Å². The zero-order chi connectivity index (χ0) is 18.4. The van der Waals surface area contributed by atoms with Crippen LogP contribution in [0.1, 0.15) is 13.8 Å². The van der Waals surface area contributed by atoms with E-state index in [0.717, 1.165) is 31.9 Å². The van der Waals surface area contributed by atoms with E-state index in [-0.39, 0.29) is 11.9 Å². The molecule has 1 fully saturated rings. The second-order valence-electron chi connectivity index (χ2n) is 6.45. The molecule has 1 amide bonds. The second-order valence-corrected chi connectivity index (χ2v) is 6.45. The summed E-state index contributed by atoms with van der Waals surface area (Å²) >= 11 is 0. The highest BCUT2D eigenvalue weighted by atomic mass is 16.5. The first-order chi connectivity index (χ1) is 12.7. The molecule has 0 aliphatic carbocycles. The van der Waals surface area contributed by atoms with Crippen LogP contribution < -0.4 is 15.0 Å². The van der Waals surface area contributed by atoms with Gasteiger partial charge in [0.15, 0.2) is 0 Å². The molecule has 138 valence electrons. The Balaban J connectivity index is 1.57. The Morgan fingerprint density at radius 2 is 1.69 bits per heavy atom. The zero-order valence-electron chi connectivity index (χ0n) is 15.5. The minimum Gasteiger partial charge on any atom is -0.492 e. The van der Waals surface area contributed by atoms with Crippen molar-refractivity contribution < 1.29 is 9.53 Å². The number of anilines is 2. The van der Waals surface area contributed by atoms with Crippen molar-refractivity contribution in [3.8, 4) is 5.75 Å². The lowest BCUT2D eigenvalue weighted by atomic mass is 10.2. The smallest absolute Gasteiger partial charge is 0.241 e. The minimum absolute atomic E-state index is 0.00492. The number of benzene rings is 2. The van der Waals surface area contributed by atoms with Crippen LogP contribution in [0.5, 0.6) is 5.75 Å². The maximum Gasteiger partial charge on any atom is 0.241 e. The first-order valence-corrected chi connectivity index (χ1v) is 9.25. The molecule has 0 saturated carbocycles. The SMILES string of the molecule is CCOc1ccccc1NC(=O)[C@H](C)N1CCN(c2ccccc2)CC1. The average Bonchev–Trinajstić information content (AvgIpc) is 2.70. The number of nitrogens with one attached hydrogen (secondary N) is 1. The fourth-order valence-electron chi connectivity index (χ4n) is 3.26. The molecule has 0 aromatic heterocycles. The molecule has 5 heteroatoms. The summed E-state index contributed by atoms with van der Waals surface area (Å²) in [5.74, 6) is 0.717. The molecule has 1 N–H and O–H groups in total. The number of carbonyl (C=O) groups is 1. The number of para-hydroxylation sites is 3. The van der Waals surface area contributed by atoms with Gasteiger partial charge in [-0.3, -0.25) is 9.69 Å². The highest BCUT2D eigenvalue weighted by Gasteiger charge is 2.26. The molecule has 2 aromatic rings. The van der Waals surface area contributed by atoms with Crippen molar-refractivity contribution in [2.24, 2.45) is 0 Å². The van der Waals surface area contributed by atoms with Gasteiger partial charge < -0.3 is 15.0 Å². The molecule has 5 nitrogen and oxygen atoms in total. The molecule has 2 aromatic carbocycles. The Morgan fingerprint density at radius 1 is 1.04 bits per heavy atom. The lowest BCUT2D eigenvalue weighted by molar-refractivity contribution is -0.120. The van der Waals surface area contributed by atoms with Gasteiger partial charge >= 0.3 is 0 Å². The molecule has 0 bridgehead atoms. The third-order valence-electron chi connectivity index (χ3n) is 4.81. The Hall–Kier alpha value is -2.53. The van der Waals surface area contributed by atoms with Crippen molar-refractivity contribution in [3.05, 3.63) is 54.6 Å². The molecule has 0 radical (unpaired) electrons. The number of amides is 1. The van der Waals surface area contributed by atoms with Gasteiger partial charge in [0, 0.05) is 31.9 Å².